The predicted octanol–water partition coefficient (Wildman–Crippen LogP) is 3.17. The van der Waals surface area contributed by atoms with Gasteiger partial charge in [0, 0.05) is 36.8 Å². The Bertz CT molecular complexity index is 883. The molecule has 1 N–H and O–H groups in total. The summed E-state index contributed by atoms with van der Waals surface area (Å²) in [5.41, 5.74) is 2.50. The highest BCUT2D eigenvalue weighted by Gasteiger charge is 2.36. The highest BCUT2D eigenvalue weighted by atomic mass is 35.5. The minimum atomic E-state index is -0.399. The number of ether oxygens (including phenoxy) is 1. The van der Waals surface area contributed by atoms with Gasteiger partial charge in [-0.3, -0.25) is 9.59 Å². The summed E-state index contributed by atoms with van der Waals surface area (Å²) in [6, 6.07) is 14.9. The third-order valence-corrected chi connectivity index (χ3v) is 5.35. The van der Waals surface area contributed by atoms with Crippen molar-refractivity contribution in [3.8, 4) is 0 Å². The molecular formula is C21H22ClN3O3. The van der Waals surface area contributed by atoms with Crippen molar-refractivity contribution in [2.24, 2.45) is 5.92 Å². The molecule has 0 radical (unpaired) electrons. The number of carbonyl (C=O) groups excluding carboxylic acids is 2. The molecule has 6 nitrogen and oxygen atoms in total. The molecule has 0 aliphatic carbocycles. The van der Waals surface area contributed by atoms with Crippen molar-refractivity contribution in [2.45, 2.75) is 6.42 Å². The van der Waals surface area contributed by atoms with Crippen molar-refractivity contribution in [1.29, 1.82) is 0 Å². The SMILES string of the molecule is O=C(Nc1cccc(Cl)c1)C1CC(=O)N(c2ccccc2N2CCOCC2)C1. The average Bonchev–Trinajstić information content (AvgIpc) is 3.10. The topological polar surface area (TPSA) is 61.9 Å². The van der Waals surface area contributed by atoms with Crippen LogP contribution in [0.5, 0.6) is 0 Å². The number of halogens is 1. The van der Waals surface area contributed by atoms with E-state index in [1.165, 1.54) is 0 Å². The van der Waals surface area contributed by atoms with E-state index in [0.29, 0.717) is 30.5 Å². The summed E-state index contributed by atoms with van der Waals surface area (Å²) >= 11 is 5.98. The molecule has 28 heavy (non-hydrogen) atoms. The fourth-order valence-electron chi connectivity index (χ4n) is 3.69. The minimum Gasteiger partial charge on any atom is -0.378 e. The lowest BCUT2D eigenvalue weighted by Crippen LogP contribution is -2.38. The molecule has 7 heteroatoms. The Morgan fingerprint density at radius 1 is 1.07 bits per heavy atom. The van der Waals surface area contributed by atoms with E-state index in [1.807, 2.05) is 24.3 Å². The maximum atomic E-state index is 12.7. The Balaban J connectivity index is 1.50. The van der Waals surface area contributed by atoms with Gasteiger partial charge < -0.3 is 19.9 Å². The van der Waals surface area contributed by atoms with Crippen LogP contribution in [0.25, 0.3) is 0 Å². The molecule has 2 aliphatic heterocycles. The van der Waals surface area contributed by atoms with Crippen LogP contribution in [-0.2, 0) is 14.3 Å². The van der Waals surface area contributed by atoms with Crippen molar-refractivity contribution in [1.82, 2.24) is 0 Å². The van der Waals surface area contributed by atoms with E-state index >= 15 is 0 Å². The number of benzene rings is 2. The molecule has 2 aliphatic rings. The molecule has 2 aromatic rings. The van der Waals surface area contributed by atoms with Gasteiger partial charge in [0.2, 0.25) is 11.8 Å². The van der Waals surface area contributed by atoms with Crippen molar-refractivity contribution in [2.75, 3.05) is 48.0 Å². The van der Waals surface area contributed by atoms with Gasteiger partial charge in [-0.2, -0.15) is 0 Å². The highest BCUT2D eigenvalue weighted by Crippen LogP contribution is 2.34. The second kappa shape index (κ2) is 8.20. The van der Waals surface area contributed by atoms with E-state index in [9.17, 15) is 9.59 Å². The van der Waals surface area contributed by atoms with Crippen molar-refractivity contribution >= 4 is 40.5 Å². The van der Waals surface area contributed by atoms with Gasteiger partial charge in [-0.15, -0.1) is 0 Å². The molecule has 2 amide bonds. The highest BCUT2D eigenvalue weighted by molar-refractivity contribution is 6.30. The molecule has 0 bridgehead atoms. The zero-order chi connectivity index (χ0) is 19.5. The second-order valence-corrected chi connectivity index (χ2v) is 7.43. The molecule has 0 saturated carbocycles. The van der Waals surface area contributed by atoms with E-state index in [-0.39, 0.29) is 18.2 Å². The normalized spacial score (nSPS) is 19.8. The lowest BCUT2D eigenvalue weighted by atomic mass is 10.1. The molecule has 2 saturated heterocycles. The Morgan fingerprint density at radius 3 is 2.57 bits per heavy atom. The molecule has 1 unspecified atom stereocenters. The van der Waals surface area contributed by atoms with Crippen molar-refractivity contribution in [3.63, 3.8) is 0 Å². The number of anilines is 3. The van der Waals surface area contributed by atoms with Crippen LogP contribution in [0.4, 0.5) is 17.1 Å². The largest absolute Gasteiger partial charge is 0.378 e. The Labute approximate surface area is 169 Å². The van der Waals surface area contributed by atoms with Gasteiger partial charge in [-0.05, 0) is 30.3 Å². The van der Waals surface area contributed by atoms with Gasteiger partial charge in [-0.1, -0.05) is 29.8 Å². The number of morpholine rings is 1. The van der Waals surface area contributed by atoms with Gasteiger partial charge in [0.1, 0.15) is 0 Å². The first-order chi connectivity index (χ1) is 13.6. The number of carbonyl (C=O) groups is 2. The minimum absolute atomic E-state index is 0.0352. The first-order valence-electron chi connectivity index (χ1n) is 9.40. The van der Waals surface area contributed by atoms with Crippen molar-refractivity contribution in [3.05, 3.63) is 53.6 Å². The number of nitrogens with one attached hydrogen (secondary N) is 1. The zero-order valence-corrected chi connectivity index (χ0v) is 16.2. The van der Waals surface area contributed by atoms with Crippen LogP contribution in [-0.4, -0.2) is 44.7 Å². The lowest BCUT2D eigenvalue weighted by molar-refractivity contribution is -0.122. The van der Waals surface area contributed by atoms with Crippen LogP contribution in [0.3, 0.4) is 0 Å². The van der Waals surface area contributed by atoms with Gasteiger partial charge in [-0.25, -0.2) is 0 Å². The van der Waals surface area contributed by atoms with E-state index in [1.54, 1.807) is 29.2 Å². The molecular weight excluding hydrogens is 378 g/mol. The first-order valence-corrected chi connectivity index (χ1v) is 9.78. The molecule has 1 atom stereocenters. The average molecular weight is 400 g/mol. The molecule has 146 valence electrons. The number of para-hydroxylation sites is 2. The molecule has 0 aromatic heterocycles. The van der Waals surface area contributed by atoms with E-state index in [4.69, 9.17) is 16.3 Å². The van der Waals surface area contributed by atoms with Crippen LogP contribution < -0.4 is 15.1 Å². The van der Waals surface area contributed by atoms with Gasteiger partial charge >= 0.3 is 0 Å². The Morgan fingerprint density at radius 2 is 1.82 bits per heavy atom. The van der Waals surface area contributed by atoms with Crippen LogP contribution >= 0.6 is 11.6 Å². The van der Waals surface area contributed by atoms with Crippen molar-refractivity contribution < 1.29 is 14.3 Å². The summed E-state index contributed by atoms with van der Waals surface area (Å²) in [6.07, 6.45) is 0.198. The third-order valence-electron chi connectivity index (χ3n) is 5.11. The molecule has 0 spiro atoms. The number of nitrogens with zero attached hydrogens (tertiary/aromatic N) is 2. The summed E-state index contributed by atoms with van der Waals surface area (Å²) in [4.78, 5) is 29.3. The number of hydrogen-bond acceptors (Lipinski definition) is 4. The Hall–Kier alpha value is -2.57. The van der Waals surface area contributed by atoms with Crippen LogP contribution in [0.15, 0.2) is 48.5 Å². The van der Waals surface area contributed by atoms with E-state index in [2.05, 4.69) is 10.2 Å². The van der Waals surface area contributed by atoms with Gasteiger partial charge in [0.25, 0.3) is 0 Å². The molecule has 4 rings (SSSR count). The number of amides is 2. The fraction of sp³-hybridized carbons (Fsp3) is 0.333. The van der Waals surface area contributed by atoms with E-state index < -0.39 is 5.92 Å². The fourth-order valence-corrected chi connectivity index (χ4v) is 3.88. The maximum Gasteiger partial charge on any atom is 0.229 e. The van der Waals surface area contributed by atoms with Gasteiger partial charge in [0.15, 0.2) is 0 Å². The standard InChI is InChI=1S/C21H22ClN3O3/c22-16-4-3-5-17(13-16)23-21(27)15-12-20(26)25(14-15)19-7-2-1-6-18(19)24-8-10-28-11-9-24/h1-7,13,15H,8-12,14H2,(H,23,27). The summed E-state index contributed by atoms with van der Waals surface area (Å²) in [7, 11) is 0. The molecule has 2 fully saturated rings. The van der Waals surface area contributed by atoms with E-state index in [0.717, 1.165) is 24.5 Å². The molecule has 2 aromatic carbocycles. The molecule has 2 heterocycles. The summed E-state index contributed by atoms with van der Waals surface area (Å²) in [5, 5.41) is 3.42. The third kappa shape index (κ3) is 3.98. The van der Waals surface area contributed by atoms with Gasteiger partial charge in [0.05, 0.1) is 30.5 Å². The zero-order valence-electron chi connectivity index (χ0n) is 15.4. The lowest BCUT2D eigenvalue weighted by Gasteiger charge is -2.32. The smallest absolute Gasteiger partial charge is 0.229 e. The van der Waals surface area contributed by atoms with Crippen LogP contribution in [0.1, 0.15) is 6.42 Å². The summed E-state index contributed by atoms with van der Waals surface area (Å²) in [6.45, 7) is 3.29. The number of hydrogen-bond donors (Lipinski definition) is 1. The van der Waals surface area contributed by atoms with Crippen LogP contribution in [0, 0.1) is 5.92 Å². The summed E-state index contributed by atoms with van der Waals surface area (Å²) < 4.78 is 5.44. The monoisotopic (exact) mass is 399 g/mol. The first kappa shape index (κ1) is 18.8. The maximum absolute atomic E-state index is 12.7. The summed E-state index contributed by atoms with van der Waals surface area (Å²) in [5.74, 6) is -0.599. The second-order valence-electron chi connectivity index (χ2n) is 6.99. The predicted molar refractivity (Wildman–Crippen MR) is 110 cm³/mol. The Kier molecular flexibility index (Phi) is 5.50. The quantitative estimate of drug-likeness (QED) is 0.857. The van der Waals surface area contributed by atoms with Crippen LogP contribution in [0.2, 0.25) is 5.02 Å². The number of rotatable bonds is 4.